The van der Waals surface area contributed by atoms with Gasteiger partial charge in [0.15, 0.2) is 11.4 Å². The summed E-state index contributed by atoms with van der Waals surface area (Å²) in [7, 11) is 0. The van der Waals surface area contributed by atoms with E-state index in [1.807, 2.05) is 50.2 Å². The fourth-order valence-corrected chi connectivity index (χ4v) is 3.21. The average Bonchev–Trinajstić information content (AvgIpc) is 2.80. The molecule has 0 unspecified atom stereocenters. The first-order valence-corrected chi connectivity index (χ1v) is 9.96. The predicted octanol–water partition coefficient (Wildman–Crippen LogP) is 5.08. The highest BCUT2D eigenvalue weighted by Gasteiger charge is 2.17. The Kier molecular flexibility index (Phi) is 5.72. The van der Waals surface area contributed by atoms with Crippen LogP contribution in [0.1, 0.15) is 21.5 Å². The summed E-state index contributed by atoms with van der Waals surface area (Å²) in [6.07, 6.45) is 1.47. The number of carboxylic acid groups (broad SMARTS) is 1. The number of carboxylic acids is 1. The van der Waals surface area contributed by atoms with Gasteiger partial charge in [-0.25, -0.2) is 4.79 Å². The molecule has 4 rings (SSSR count). The van der Waals surface area contributed by atoms with Crippen LogP contribution in [0.5, 0.6) is 11.5 Å². The Balaban J connectivity index is 1.83. The minimum absolute atomic E-state index is 0.101. The Morgan fingerprint density at radius 2 is 1.72 bits per heavy atom. The molecule has 0 aliphatic heterocycles. The average molecular weight is 427 g/mol. The molecule has 7 heteroatoms. The van der Waals surface area contributed by atoms with Crippen molar-refractivity contribution in [3.8, 4) is 17.2 Å². The number of aryl methyl sites for hydroxylation is 1. The Morgan fingerprint density at radius 3 is 2.47 bits per heavy atom. The Bertz CT molecular complexity index is 1350. The first kappa shape index (κ1) is 20.9. The van der Waals surface area contributed by atoms with Crippen LogP contribution < -0.4 is 15.6 Å². The van der Waals surface area contributed by atoms with Gasteiger partial charge < -0.3 is 15.2 Å². The monoisotopic (exact) mass is 427 g/mol. The van der Waals surface area contributed by atoms with Gasteiger partial charge in [0.25, 0.3) is 5.56 Å². The van der Waals surface area contributed by atoms with Gasteiger partial charge in [-0.2, -0.15) is 9.78 Å². The van der Waals surface area contributed by atoms with Gasteiger partial charge in [0, 0.05) is 5.69 Å². The number of nitrogens with zero attached hydrogens (tertiary/aromatic N) is 2. The summed E-state index contributed by atoms with van der Waals surface area (Å²) < 4.78 is 7.35. The van der Waals surface area contributed by atoms with Gasteiger partial charge in [-0.15, -0.1) is 0 Å². The topological polar surface area (TPSA) is 93.5 Å². The summed E-state index contributed by atoms with van der Waals surface area (Å²) >= 11 is 0. The molecule has 160 valence electrons. The number of benzene rings is 3. The molecule has 1 heterocycles. The smallest absolute Gasteiger partial charge is 0.335 e. The molecule has 0 spiro atoms. The minimum atomic E-state index is -1.06. The van der Waals surface area contributed by atoms with Gasteiger partial charge in [-0.3, -0.25) is 4.79 Å². The van der Waals surface area contributed by atoms with Gasteiger partial charge in [0.2, 0.25) is 0 Å². The van der Waals surface area contributed by atoms with Crippen LogP contribution >= 0.6 is 0 Å². The quantitative estimate of drug-likeness (QED) is 0.446. The molecule has 7 nitrogen and oxygen atoms in total. The molecule has 0 atom stereocenters. The second-order valence-electron chi connectivity index (χ2n) is 7.25. The second-order valence-corrected chi connectivity index (χ2v) is 7.25. The standard InChI is InChI=1S/C25H21N3O4/c1-16-8-6-13-21(17(16)2)32-22-15-26-28(20-11-4-3-5-12-20)24(29)23(22)27-19-10-7-9-18(14-19)25(30)31/h3-15,27H,1-2H3,(H,30,31). The number of ether oxygens (including phenoxy) is 1. The van der Waals surface area contributed by atoms with Crippen LogP contribution in [-0.2, 0) is 0 Å². The van der Waals surface area contributed by atoms with Crippen LogP contribution in [0.25, 0.3) is 5.69 Å². The summed E-state index contributed by atoms with van der Waals surface area (Å²) in [5.74, 6) is -0.223. The lowest BCUT2D eigenvalue weighted by Gasteiger charge is -2.16. The van der Waals surface area contributed by atoms with Gasteiger partial charge in [0.05, 0.1) is 17.4 Å². The van der Waals surface area contributed by atoms with Crippen molar-refractivity contribution in [3.63, 3.8) is 0 Å². The van der Waals surface area contributed by atoms with Crippen LogP contribution in [0.4, 0.5) is 11.4 Å². The van der Waals surface area contributed by atoms with Crippen molar-refractivity contribution < 1.29 is 14.6 Å². The molecule has 4 aromatic rings. The van der Waals surface area contributed by atoms with Crippen LogP contribution in [0, 0.1) is 13.8 Å². The van der Waals surface area contributed by atoms with E-state index < -0.39 is 11.5 Å². The molecular formula is C25H21N3O4. The van der Waals surface area contributed by atoms with Crippen molar-refractivity contribution in [2.45, 2.75) is 13.8 Å². The molecule has 0 aliphatic rings. The van der Waals surface area contributed by atoms with Crippen molar-refractivity contribution in [1.82, 2.24) is 9.78 Å². The number of nitrogens with one attached hydrogen (secondary N) is 1. The maximum absolute atomic E-state index is 13.4. The molecular weight excluding hydrogens is 406 g/mol. The summed E-state index contributed by atoms with van der Waals surface area (Å²) in [6, 6.07) is 20.9. The van der Waals surface area contributed by atoms with Gasteiger partial charge in [-0.1, -0.05) is 36.4 Å². The predicted molar refractivity (Wildman–Crippen MR) is 123 cm³/mol. The molecule has 0 amide bonds. The number of aromatic nitrogens is 2. The molecule has 1 aromatic heterocycles. The molecule has 0 radical (unpaired) electrons. The van der Waals surface area contributed by atoms with E-state index >= 15 is 0 Å². The number of rotatable bonds is 6. The van der Waals surface area contributed by atoms with E-state index in [4.69, 9.17) is 4.74 Å². The van der Waals surface area contributed by atoms with Crippen molar-refractivity contribution in [3.05, 3.63) is 106 Å². The third kappa shape index (κ3) is 4.22. The molecule has 2 N–H and O–H groups in total. The summed E-state index contributed by atoms with van der Waals surface area (Å²) in [5, 5.41) is 16.6. The first-order valence-electron chi connectivity index (χ1n) is 9.96. The Hall–Kier alpha value is -4.39. The first-order chi connectivity index (χ1) is 15.4. The van der Waals surface area contributed by atoms with Gasteiger partial charge in [-0.05, 0) is 61.4 Å². The van der Waals surface area contributed by atoms with Crippen LogP contribution in [0.3, 0.4) is 0 Å². The van der Waals surface area contributed by atoms with E-state index in [1.54, 1.807) is 24.3 Å². The van der Waals surface area contributed by atoms with E-state index in [1.165, 1.54) is 23.0 Å². The summed E-state index contributed by atoms with van der Waals surface area (Å²) in [6.45, 7) is 3.91. The lowest BCUT2D eigenvalue weighted by atomic mass is 10.1. The number of hydrogen-bond donors (Lipinski definition) is 2. The number of carbonyl (C=O) groups is 1. The highest BCUT2D eigenvalue weighted by Crippen LogP contribution is 2.31. The van der Waals surface area contributed by atoms with E-state index in [2.05, 4.69) is 10.4 Å². The van der Waals surface area contributed by atoms with Crippen LogP contribution in [0.2, 0.25) is 0 Å². The van der Waals surface area contributed by atoms with E-state index in [-0.39, 0.29) is 17.0 Å². The fraction of sp³-hybridized carbons (Fsp3) is 0.0800. The van der Waals surface area contributed by atoms with Gasteiger partial charge >= 0.3 is 5.97 Å². The third-order valence-corrected chi connectivity index (χ3v) is 5.10. The van der Waals surface area contributed by atoms with Gasteiger partial charge in [0.1, 0.15) is 5.75 Å². The fourth-order valence-electron chi connectivity index (χ4n) is 3.21. The van der Waals surface area contributed by atoms with E-state index in [9.17, 15) is 14.7 Å². The normalized spacial score (nSPS) is 10.6. The number of anilines is 2. The SMILES string of the molecule is Cc1cccc(Oc2cnn(-c3ccccc3)c(=O)c2Nc2cccc(C(=O)O)c2)c1C. The van der Waals surface area contributed by atoms with Crippen LogP contribution in [0.15, 0.2) is 83.8 Å². The molecule has 32 heavy (non-hydrogen) atoms. The summed E-state index contributed by atoms with van der Waals surface area (Å²) in [5.41, 5.74) is 2.85. The minimum Gasteiger partial charge on any atom is -0.478 e. The zero-order chi connectivity index (χ0) is 22.7. The Morgan fingerprint density at radius 1 is 0.969 bits per heavy atom. The zero-order valence-corrected chi connectivity index (χ0v) is 17.6. The van der Waals surface area contributed by atoms with E-state index in [0.717, 1.165) is 11.1 Å². The molecule has 0 fully saturated rings. The lowest BCUT2D eigenvalue weighted by Crippen LogP contribution is -2.24. The highest BCUT2D eigenvalue weighted by molar-refractivity contribution is 5.89. The maximum Gasteiger partial charge on any atom is 0.335 e. The number of aromatic carboxylic acids is 1. The number of hydrogen-bond acceptors (Lipinski definition) is 5. The van der Waals surface area contributed by atoms with Crippen molar-refractivity contribution >= 4 is 17.3 Å². The molecule has 0 aliphatic carbocycles. The maximum atomic E-state index is 13.4. The van der Waals surface area contributed by atoms with Crippen molar-refractivity contribution in [2.75, 3.05) is 5.32 Å². The lowest BCUT2D eigenvalue weighted by molar-refractivity contribution is 0.0697. The third-order valence-electron chi connectivity index (χ3n) is 5.10. The molecule has 0 saturated carbocycles. The molecule has 3 aromatic carbocycles. The highest BCUT2D eigenvalue weighted by atomic mass is 16.5. The van der Waals surface area contributed by atoms with Crippen LogP contribution in [-0.4, -0.2) is 20.9 Å². The summed E-state index contributed by atoms with van der Waals surface area (Å²) in [4.78, 5) is 24.8. The molecule has 0 saturated heterocycles. The van der Waals surface area contributed by atoms with Crippen molar-refractivity contribution in [1.29, 1.82) is 0 Å². The molecule has 0 bridgehead atoms. The second kappa shape index (κ2) is 8.77. The van der Waals surface area contributed by atoms with E-state index in [0.29, 0.717) is 17.1 Å². The van der Waals surface area contributed by atoms with Crippen molar-refractivity contribution in [2.24, 2.45) is 0 Å². The zero-order valence-electron chi connectivity index (χ0n) is 17.6. The number of para-hydroxylation sites is 1. The largest absolute Gasteiger partial charge is 0.478 e. The Labute approximate surface area is 184 Å².